The summed E-state index contributed by atoms with van der Waals surface area (Å²) < 4.78 is 5.48. The lowest BCUT2D eigenvalue weighted by molar-refractivity contribution is 0.0536. The molecule has 5 heteroatoms. The van der Waals surface area contributed by atoms with Gasteiger partial charge in [-0.1, -0.05) is 6.92 Å². The molecule has 1 aromatic heterocycles. The van der Waals surface area contributed by atoms with Gasteiger partial charge >= 0.3 is 0 Å². The number of hydrogen-bond donors (Lipinski definition) is 2. The maximum atomic E-state index is 5.48. The number of hydrogen-bond acceptors (Lipinski definition) is 5. The molecule has 0 radical (unpaired) electrons. The van der Waals surface area contributed by atoms with Crippen molar-refractivity contribution < 1.29 is 4.74 Å². The smallest absolute Gasteiger partial charge is 0.159 e. The second-order valence-corrected chi connectivity index (χ2v) is 2.80. The van der Waals surface area contributed by atoms with E-state index in [-0.39, 0.29) is 6.10 Å². The number of nitrogen functional groups attached to an aromatic ring is 1. The number of hydrazine groups is 1. The standard InChI is InChI=1S/C9H16N4O/c1-3-7(14-4-2)9-11-6-5-8(12-9)13-10/h5-7H,3-4,10H2,1-2H3,(H,11,12,13). The molecule has 0 fully saturated rings. The van der Waals surface area contributed by atoms with Gasteiger partial charge < -0.3 is 10.2 Å². The number of ether oxygens (including phenoxy) is 1. The Bertz CT molecular complexity index is 279. The van der Waals surface area contributed by atoms with Crippen LogP contribution in [0.5, 0.6) is 0 Å². The molecule has 0 spiro atoms. The van der Waals surface area contributed by atoms with Crippen molar-refractivity contribution in [2.45, 2.75) is 26.4 Å². The Labute approximate surface area is 83.7 Å². The first kappa shape index (κ1) is 10.9. The summed E-state index contributed by atoms with van der Waals surface area (Å²) in [6, 6.07) is 1.71. The topological polar surface area (TPSA) is 73.1 Å². The van der Waals surface area contributed by atoms with E-state index >= 15 is 0 Å². The van der Waals surface area contributed by atoms with Crippen LogP contribution in [-0.2, 0) is 4.74 Å². The van der Waals surface area contributed by atoms with Crippen molar-refractivity contribution in [3.8, 4) is 0 Å². The van der Waals surface area contributed by atoms with Gasteiger partial charge in [-0.2, -0.15) is 0 Å². The van der Waals surface area contributed by atoms with E-state index in [1.54, 1.807) is 12.3 Å². The van der Waals surface area contributed by atoms with Crippen LogP contribution in [0.4, 0.5) is 5.82 Å². The molecule has 0 bridgehead atoms. The maximum absolute atomic E-state index is 5.48. The maximum Gasteiger partial charge on any atom is 0.159 e. The van der Waals surface area contributed by atoms with Crippen molar-refractivity contribution in [2.24, 2.45) is 5.84 Å². The molecule has 1 heterocycles. The highest BCUT2D eigenvalue weighted by atomic mass is 16.5. The summed E-state index contributed by atoms with van der Waals surface area (Å²) in [5.74, 6) is 6.53. The number of aromatic nitrogens is 2. The Hall–Kier alpha value is -1.20. The fourth-order valence-corrected chi connectivity index (χ4v) is 1.19. The molecule has 0 aliphatic carbocycles. The SMILES string of the molecule is CCOC(CC)c1nccc(NN)n1. The number of anilines is 1. The number of rotatable bonds is 5. The molecule has 0 saturated carbocycles. The van der Waals surface area contributed by atoms with Crippen LogP contribution in [0.15, 0.2) is 12.3 Å². The van der Waals surface area contributed by atoms with E-state index in [9.17, 15) is 0 Å². The van der Waals surface area contributed by atoms with Gasteiger partial charge in [-0.15, -0.1) is 0 Å². The highest BCUT2D eigenvalue weighted by Crippen LogP contribution is 2.17. The minimum absolute atomic E-state index is 0.0479. The minimum Gasteiger partial charge on any atom is -0.371 e. The van der Waals surface area contributed by atoms with E-state index in [1.807, 2.05) is 13.8 Å². The highest BCUT2D eigenvalue weighted by molar-refractivity contribution is 5.30. The molecule has 1 atom stereocenters. The molecule has 0 aliphatic rings. The van der Waals surface area contributed by atoms with Gasteiger partial charge in [0.15, 0.2) is 5.82 Å². The van der Waals surface area contributed by atoms with Crippen LogP contribution in [0.2, 0.25) is 0 Å². The molecule has 1 rings (SSSR count). The fourth-order valence-electron chi connectivity index (χ4n) is 1.19. The first-order valence-electron chi connectivity index (χ1n) is 4.73. The molecule has 5 nitrogen and oxygen atoms in total. The molecule has 1 aromatic rings. The molecule has 1 unspecified atom stereocenters. The Kier molecular flexibility index (Phi) is 4.28. The fraction of sp³-hybridized carbons (Fsp3) is 0.556. The number of nitrogens with one attached hydrogen (secondary N) is 1. The van der Waals surface area contributed by atoms with Crippen molar-refractivity contribution in [3.63, 3.8) is 0 Å². The van der Waals surface area contributed by atoms with Gasteiger partial charge in [-0.3, -0.25) is 0 Å². The largest absolute Gasteiger partial charge is 0.371 e. The van der Waals surface area contributed by atoms with Gasteiger partial charge in [-0.05, 0) is 13.3 Å². The quantitative estimate of drug-likeness (QED) is 0.547. The Morgan fingerprint density at radius 2 is 2.36 bits per heavy atom. The van der Waals surface area contributed by atoms with Gasteiger partial charge in [0.1, 0.15) is 11.9 Å². The molecule has 3 N–H and O–H groups in total. The molecule has 0 amide bonds. The summed E-state index contributed by atoms with van der Waals surface area (Å²) in [6.45, 7) is 4.64. The van der Waals surface area contributed by atoms with E-state index in [1.165, 1.54) is 0 Å². The zero-order chi connectivity index (χ0) is 10.4. The van der Waals surface area contributed by atoms with Crippen molar-refractivity contribution >= 4 is 5.82 Å². The van der Waals surface area contributed by atoms with Gasteiger partial charge in [0.2, 0.25) is 0 Å². The lowest BCUT2D eigenvalue weighted by Gasteiger charge is -2.13. The third kappa shape index (κ3) is 2.65. The third-order valence-electron chi connectivity index (χ3n) is 1.85. The van der Waals surface area contributed by atoms with Crippen molar-refractivity contribution in [1.82, 2.24) is 9.97 Å². The summed E-state index contributed by atoms with van der Waals surface area (Å²) in [4.78, 5) is 8.35. The monoisotopic (exact) mass is 196 g/mol. The number of nitrogens with zero attached hydrogens (tertiary/aromatic N) is 2. The Morgan fingerprint density at radius 1 is 1.57 bits per heavy atom. The summed E-state index contributed by atoms with van der Waals surface area (Å²) in [6.07, 6.45) is 2.47. The molecule has 0 saturated heterocycles. The van der Waals surface area contributed by atoms with Gasteiger partial charge in [0, 0.05) is 18.9 Å². The first-order chi connectivity index (χ1) is 6.81. The average molecular weight is 196 g/mol. The van der Waals surface area contributed by atoms with Crippen LogP contribution in [-0.4, -0.2) is 16.6 Å². The zero-order valence-corrected chi connectivity index (χ0v) is 8.53. The number of nitrogens with two attached hydrogens (primary N) is 1. The van der Waals surface area contributed by atoms with Crippen molar-refractivity contribution in [1.29, 1.82) is 0 Å². The van der Waals surface area contributed by atoms with Crippen LogP contribution in [0.25, 0.3) is 0 Å². The van der Waals surface area contributed by atoms with E-state index in [2.05, 4.69) is 15.4 Å². The second-order valence-electron chi connectivity index (χ2n) is 2.80. The summed E-state index contributed by atoms with van der Waals surface area (Å²) in [7, 11) is 0. The minimum atomic E-state index is -0.0479. The molecule has 0 aliphatic heterocycles. The van der Waals surface area contributed by atoms with Gasteiger partial charge in [0.25, 0.3) is 0 Å². The normalized spacial score (nSPS) is 12.5. The van der Waals surface area contributed by atoms with Crippen molar-refractivity contribution in [3.05, 3.63) is 18.1 Å². The van der Waals surface area contributed by atoms with E-state index in [0.29, 0.717) is 18.2 Å². The van der Waals surface area contributed by atoms with E-state index < -0.39 is 0 Å². The summed E-state index contributed by atoms with van der Waals surface area (Å²) in [5.41, 5.74) is 2.48. The van der Waals surface area contributed by atoms with Crippen LogP contribution in [0.3, 0.4) is 0 Å². The van der Waals surface area contributed by atoms with Crippen LogP contribution in [0, 0.1) is 0 Å². The zero-order valence-electron chi connectivity index (χ0n) is 8.53. The molecule has 14 heavy (non-hydrogen) atoms. The Balaban J connectivity index is 2.80. The molecule has 78 valence electrons. The molecular weight excluding hydrogens is 180 g/mol. The predicted octanol–water partition coefficient (Wildman–Crippen LogP) is 1.25. The lowest BCUT2D eigenvalue weighted by atomic mass is 10.2. The van der Waals surface area contributed by atoms with Crippen LogP contribution < -0.4 is 11.3 Å². The molecular formula is C9H16N4O. The van der Waals surface area contributed by atoms with Crippen LogP contribution >= 0.6 is 0 Å². The van der Waals surface area contributed by atoms with E-state index in [4.69, 9.17) is 10.6 Å². The van der Waals surface area contributed by atoms with E-state index in [0.717, 1.165) is 6.42 Å². The third-order valence-corrected chi connectivity index (χ3v) is 1.85. The highest BCUT2D eigenvalue weighted by Gasteiger charge is 2.12. The lowest BCUT2D eigenvalue weighted by Crippen LogP contribution is -2.13. The summed E-state index contributed by atoms with van der Waals surface area (Å²) in [5, 5.41) is 0. The Morgan fingerprint density at radius 3 is 2.93 bits per heavy atom. The first-order valence-corrected chi connectivity index (χ1v) is 4.73. The van der Waals surface area contributed by atoms with Gasteiger partial charge in [-0.25, -0.2) is 15.8 Å². The van der Waals surface area contributed by atoms with Gasteiger partial charge in [0.05, 0.1) is 0 Å². The average Bonchev–Trinajstić information content (AvgIpc) is 2.26. The van der Waals surface area contributed by atoms with Crippen LogP contribution in [0.1, 0.15) is 32.2 Å². The second kappa shape index (κ2) is 5.51. The summed E-state index contributed by atoms with van der Waals surface area (Å²) >= 11 is 0. The predicted molar refractivity (Wildman–Crippen MR) is 54.5 cm³/mol. The van der Waals surface area contributed by atoms with Crippen molar-refractivity contribution in [2.75, 3.05) is 12.0 Å². The molecule has 0 aromatic carbocycles.